The van der Waals surface area contributed by atoms with Crippen molar-refractivity contribution in [1.29, 1.82) is 0 Å². The van der Waals surface area contributed by atoms with E-state index in [1.54, 1.807) is 33.5 Å². The quantitative estimate of drug-likeness (QED) is 0.437. The number of pyridine rings is 1. The average molecular weight is 543 g/mol. The number of anilines is 3. The fourth-order valence-electron chi connectivity index (χ4n) is 4.80. The minimum atomic E-state index is -0.320. The third kappa shape index (κ3) is 6.36. The molecule has 0 spiro atoms. The number of rotatable bonds is 9. The number of ether oxygens (including phenoxy) is 2. The first kappa shape index (κ1) is 27.7. The summed E-state index contributed by atoms with van der Waals surface area (Å²) in [5, 5.41) is 4.46. The number of hydrogen-bond acceptors (Lipinski definition) is 8. The van der Waals surface area contributed by atoms with Crippen molar-refractivity contribution in [3.63, 3.8) is 0 Å². The number of methoxy groups -OCH3 is 1. The van der Waals surface area contributed by atoms with Crippen LogP contribution in [0.3, 0.4) is 0 Å². The molecule has 0 saturated carbocycles. The number of carbonyl (C=O) groups excluding carboxylic acids is 1. The van der Waals surface area contributed by atoms with Gasteiger partial charge in [-0.05, 0) is 42.5 Å². The van der Waals surface area contributed by atoms with Gasteiger partial charge in [-0.3, -0.25) is 9.59 Å². The molecule has 3 heterocycles. The number of benzene rings is 1. The van der Waals surface area contributed by atoms with Gasteiger partial charge in [0.05, 0.1) is 18.3 Å². The van der Waals surface area contributed by atoms with E-state index in [-0.39, 0.29) is 23.8 Å². The van der Waals surface area contributed by atoms with E-state index in [4.69, 9.17) is 26.1 Å². The van der Waals surface area contributed by atoms with Gasteiger partial charge in [0, 0.05) is 51.9 Å². The van der Waals surface area contributed by atoms with Crippen molar-refractivity contribution in [3.8, 4) is 5.75 Å². The Morgan fingerprint density at radius 3 is 2.68 bits per heavy atom. The number of nitrogens with one attached hydrogen (secondary N) is 1. The summed E-state index contributed by atoms with van der Waals surface area (Å²) in [5.74, 6) is 2.15. The summed E-state index contributed by atoms with van der Waals surface area (Å²) in [6.45, 7) is 6.91. The first-order valence-electron chi connectivity index (χ1n) is 12.7. The van der Waals surface area contributed by atoms with E-state index in [0.717, 1.165) is 29.7 Å². The summed E-state index contributed by atoms with van der Waals surface area (Å²) in [4.78, 5) is 38.1. The van der Waals surface area contributed by atoms with E-state index >= 15 is 0 Å². The van der Waals surface area contributed by atoms with Crippen molar-refractivity contribution in [2.24, 2.45) is 18.9 Å². The molecule has 1 N–H and O–H groups in total. The van der Waals surface area contributed by atoms with Crippen LogP contribution < -0.4 is 20.5 Å². The lowest BCUT2D eigenvalue weighted by Gasteiger charge is -2.35. The second-order valence-electron chi connectivity index (χ2n) is 10.1. The number of halogens is 1. The summed E-state index contributed by atoms with van der Waals surface area (Å²) in [6, 6.07) is 7.24. The second kappa shape index (κ2) is 12.0. The molecule has 1 fully saturated rings. The molecule has 3 aromatic rings. The van der Waals surface area contributed by atoms with Crippen LogP contribution in [0.2, 0.25) is 5.02 Å². The minimum absolute atomic E-state index is 0.0985. The Morgan fingerprint density at radius 1 is 1.24 bits per heavy atom. The zero-order valence-electron chi connectivity index (χ0n) is 22.5. The van der Waals surface area contributed by atoms with Gasteiger partial charge < -0.3 is 29.2 Å². The Kier molecular flexibility index (Phi) is 8.73. The maximum Gasteiger partial charge on any atom is 0.293 e. The van der Waals surface area contributed by atoms with E-state index in [1.165, 1.54) is 15.9 Å². The van der Waals surface area contributed by atoms with Crippen LogP contribution >= 0.6 is 11.6 Å². The molecule has 4 rings (SSSR count). The van der Waals surface area contributed by atoms with E-state index in [1.807, 2.05) is 18.2 Å². The van der Waals surface area contributed by atoms with Gasteiger partial charge in [0.15, 0.2) is 18.2 Å². The molecule has 1 saturated heterocycles. The number of carbonyl (C=O) groups is 1. The summed E-state index contributed by atoms with van der Waals surface area (Å²) in [6.07, 6.45) is 2.81. The number of fused-ring (bicyclic) bond motifs is 1. The van der Waals surface area contributed by atoms with Crippen LogP contribution in [-0.2, 0) is 16.6 Å². The maximum atomic E-state index is 12.8. The predicted octanol–water partition coefficient (Wildman–Crippen LogP) is 3.69. The topological polar surface area (TPSA) is 102 Å². The standard InChI is InChI=1S/C27H35ClN6O4/c1-17-10-18(2)15-34(14-17)27-29-13-21(28)25(31-27)30-20-6-7-22-19(11-20)12-23(26(36)33(22)4)38-16-24(35)32(3)8-9-37-5/h6-7,11-13,17-18H,8-10,14-16H2,1-5H3,(H,29,30,31)/t17-,18+. The number of piperidine rings is 1. The summed E-state index contributed by atoms with van der Waals surface area (Å²) >= 11 is 6.44. The van der Waals surface area contributed by atoms with Crippen molar-refractivity contribution in [2.45, 2.75) is 20.3 Å². The Balaban J connectivity index is 1.55. The van der Waals surface area contributed by atoms with Gasteiger partial charge in [-0.25, -0.2) is 4.98 Å². The Hall–Kier alpha value is -3.37. The lowest BCUT2D eigenvalue weighted by molar-refractivity contribution is -0.132. The van der Waals surface area contributed by atoms with Crippen LogP contribution in [0.5, 0.6) is 5.75 Å². The zero-order chi connectivity index (χ0) is 27.4. The van der Waals surface area contributed by atoms with Crippen molar-refractivity contribution in [1.82, 2.24) is 19.4 Å². The van der Waals surface area contributed by atoms with E-state index in [0.29, 0.717) is 41.8 Å². The zero-order valence-corrected chi connectivity index (χ0v) is 23.3. The smallest absolute Gasteiger partial charge is 0.293 e. The third-order valence-corrected chi connectivity index (χ3v) is 7.02. The first-order chi connectivity index (χ1) is 18.2. The Bertz CT molecular complexity index is 1350. The highest BCUT2D eigenvalue weighted by Crippen LogP contribution is 2.30. The van der Waals surface area contributed by atoms with Gasteiger partial charge >= 0.3 is 0 Å². The molecule has 1 aliphatic heterocycles. The minimum Gasteiger partial charge on any atom is -0.478 e. The number of hydrogen-bond donors (Lipinski definition) is 1. The van der Waals surface area contributed by atoms with Crippen LogP contribution in [0.4, 0.5) is 17.5 Å². The highest BCUT2D eigenvalue weighted by atomic mass is 35.5. The normalized spacial score (nSPS) is 17.5. The van der Waals surface area contributed by atoms with Crippen LogP contribution in [0, 0.1) is 11.8 Å². The molecule has 2 atom stereocenters. The summed E-state index contributed by atoms with van der Waals surface area (Å²) in [7, 11) is 4.91. The number of likely N-dealkylation sites (N-methyl/N-ethyl adjacent to an activating group) is 1. The molecule has 1 aliphatic rings. The van der Waals surface area contributed by atoms with E-state index in [2.05, 4.69) is 29.0 Å². The maximum absolute atomic E-state index is 12.8. The molecular formula is C27H35ClN6O4. The molecule has 0 unspecified atom stereocenters. The van der Waals surface area contributed by atoms with Gasteiger partial charge in [-0.15, -0.1) is 0 Å². The molecule has 204 valence electrons. The third-order valence-electron chi connectivity index (χ3n) is 6.74. The molecule has 10 nitrogen and oxygen atoms in total. The molecular weight excluding hydrogens is 508 g/mol. The monoisotopic (exact) mass is 542 g/mol. The van der Waals surface area contributed by atoms with Crippen molar-refractivity contribution < 1.29 is 14.3 Å². The van der Waals surface area contributed by atoms with Crippen LogP contribution in [0.25, 0.3) is 10.9 Å². The van der Waals surface area contributed by atoms with Gasteiger partial charge in [0.25, 0.3) is 11.5 Å². The van der Waals surface area contributed by atoms with Crippen LogP contribution in [-0.4, -0.2) is 72.3 Å². The highest BCUT2D eigenvalue weighted by Gasteiger charge is 2.24. The fourth-order valence-corrected chi connectivity index (χ4v) is 4.94. The SMILES string of the molecule is COCCN(C)C(=O)COc1cc2cc(Nc3nc(N4C[C@H](C)C[C@H](C)C4)ncc3Cl)ccc2n(C)c1=O. The summed E-state index contributed by atoms with van der Waals surface area (Å²) < 4.78 is 12.1. The van der Waals surface area contributed by atoms with Gasteiger partial charge in [0.1, 0.15) is 5.02 Å². The molecule has 11 heteroatoms. The highest BCUT2D eigenvalue weighted by molar-refractivity contribution is 6.32. The van der Waals surface area contributed by atoms with Crippen molar-refractivity contribution >= 4 is 45.9 Å². The van der Waals surface area contributed by atoms with Crippen molar-refractivity contribution in [2.75, 3.05) is 57.2 Å². The van der Waals surface area contributed by atoms with Crippen LogP contribution in [0.15, 0.2) is 35.3 Å². The fraction of sp³-hybridized carbons (Fsp3) is 0.481. The van der Waals surface area contributed by atoms with Gasteiger partial charge in [-0.1, -0.05) is 25.4 Å². The number of aryl methyl sites for hydroxylation is 1. The van der Waals surface area contributed by atoms with Gasteiger partial charge in [-0.2, -0.15) is 4.98 Å². The molecule has 0 radical (unpaired) electrons. The first-order valence-corrected chi connectivity index (χ1v) is 13.1. The van der Waals surface area contributed by atoms with E-state index in [9.17, 15) is 9.59 Å². The lowest BCUT2D eigenvalue weighted by atomic mass is 9.92. The van der Waals surface area contributed by atoms with Crippen molar-refractivity contribution in [3.05, 3.63) is 45.8 Å². The Labute approximate surface area is 227 Å². The average Bonchev–Trinajstić information content (AvgIpc) is 2.88. The molecule has 1 amide bonds. The largest absolute Gasteiger partial charge is 0.478 e. The lowest BCUT2D eigenvalue weighted by Crippen LogP contribution is -2.39. The summed E-state index contributed by atoms with van der Waals surface area (Å²) in [5.41, 5.74) is 1.14. The van der Waals surface area contributed by atoms with Crippen LogP contribution in [0.1, 0.15) is 20.3 Å². The van der Waals surface area contributed by atoms with E-state index < -0.39 is 0 Å². The molecule has 2 aromatic heterocycles. The Morgan fingerprint density at radius 2 is 1.97 bits per heavy atom. The second-order valence-corrected chi connectivity index (χ2v) is 10.5. The predicted molar refractivity (Wildman–Crippen MR) is 150 cm³/mol. The molecule has 0 bridgehead atoms. The van der Waals surface area contributed by atoms with Gasteiger partial charge in [0.2, 0.25) is 5.95 Å². The number of nitrogens with zero attached hydrogens (tertiary/aromatic N) is 5. The number of amides is 1. The molecule has 0 aliphatic carbocycles. The molecule has 38 heavy (non-hydrogen) atoms. The molecule has 1 aromatic carbocycles. The number of aromatic nitrogens is 3.